The van der Waals surface area contributed by atoms with E-state index in [1.54, 1.807) is 0 Å². The molecule has 4 nitrogen and oxygen atoms in total. The molecule has 0 spiro atoms. The minimum atomic E-state index is 0.102. The predicted molar refractivity (Wildman–Crippen MR) is 75.7 cm³/mol. The van der Waals surface area contributed by atoms with E-state index in [4.69, 9.17) is 9.84 Å². The number of hydrogen-bond donors (Lipinski definition) is 2. The second-order valence-electron chi connectivity index (χ2n) is 4.07. The second kappa shape index (κ2) is 6.75. The molecule has 1 aromatic carbocycles. The summed E-state index contributed by atoms with van der Waals surface area (Å²) in [6.45, 7) is 2.94. The fourth-order valence-corrected chi connectivity index (χ4v) is 1.79. The molecule has 0 aliphatic carbocycles. The number of nitrogens with zero attached hydrogens (tertiary/aromatic N) is 1. The number of nitrogens with one attached hydrogen (secondary N) is 1. The molecule has 0 fully saturated rings. The van der Waals surface area contributed by atoms with Gasteiger partial charge in [0.25, 0.3) is 0 Å². The van der Waals surface area contributed by atoms with Gasteiger partial charge in [-0.1, -0.05) is 24.3 Å². The summed E-state index contributed by atoms with van der Waals surface area (Å²) in [6, 6.07) is 13.3. The van der Waals surface area contributed by atoms with Crippen molar-refractivity contribution in [2.24, 2.45) is 0 Å². The Hall–Kier alpha value is -2.07. The van der Waals surface area contributed by atoms with E-state index >= 15 is 0 Å². The molecule has 2 rings (SSSR count). The average molecular weight is 258 g/mol. The summed E-state index contributed by atoms with van der Waals surface area (Å²) < 4.78 is 5.79. The summed E-state index contributed by atoms with van der Waals surface area (Å²) in [7, 11) is 0. The van der Waals surface area contributed by atoms with Crippen LogP contribution in [0.4, 0.5) is 5.82 Å². The van der Waals surface area contributed by atoms with Crippen molar-refractivity contribution < 1.29 is 9.84 Å². The molecule has 19 heavy (non-hydrogen) atoms. The first-order chi connectivity index (χ1) is 9.33. The van der Waals surface area contributed by atoms with Crippen LogP contribution in [0, 0.1) is 0 Å². The van der Waals surface area contributed by atoms with Crippen LogP contribution in [-0.4, -0.2) is 23.2 Å². The molecule has 4 heteroatoms. The lowest BCUT2D eigenvalue weighted by atomic mass is 10.1. The van der Waals surface area contributed by atoms with E-state index in [1.807, 2.05) is 49.4 Å². The fourth-order valence-electron chi connectivity index (χ4n) is 1.79. The third-order valence-electron chi connectivity index (χ3n) is 2.65. The van der Waals surface area contributed by atoms with Gasteiger partial charge in [0.05, 0.1) is 0 Å². The first-order valence-electron chi connectivity index (χ1n) is 6.41. The number of aliphatic hydroxyl groups is 1. The van der Waals surface area contributed by atoms with Gasteiger partial charge in [-0.25, -0.2) is 0 Å². The van der Waals surface area contributed by atoms with Crippen molar-refractivity contribution >= 4 is 5.82 Å². The Balaban J connectivity index is 2.18. The molecule has 0 atom stereocenters. The second-order valence-corrected chi connectivity index (χ2v) is 4.07. The summed E-state index contributed by atoms with van der Waals surface area (Å²) in [6.07, 6.45) is 0.572. The monoisotopic (exact) mass is 258 g/mol. The van der Waals surface area contributed by atoms with Crippen LogP contribution >= 0.6 is 0 Å². The first-order valence-corrected chi connectivity index (χ1v) is 6.41. The lowest BCUT2D eigenvalue weighted by molar-refractivity contribution is 0.297. The van der Waals surface area contributed by atoms with Crippen molar-refractivity contribution in [1.82, 2.24) is 4.98 Å². The molecule has 2 N–H and O–H groups in total. The van der Waals surface area contributed by atoms with Crippen LogP contribution in [0.25, 0.3) is 0 Å². The van der Waals surface area contributed by atoms with Gasteiger partial charge < -0.3 is 15.2 Å². The third kappa shape index (κ3) is 3.69. The third-order valence-corrected chi connectivity index (χ3v) is 2.65. The van der Waals surface area contributed by atoms with Crippen molar-refractivity contribution in [3.05, 3.63) is 48.0 Å². The highest BCUT2D eigenvalue weighted by Crippen LogP contribution is 2.24. The van der Waals surface area contributed by atoms with Crippen LogP contribution in [0.5, 0.6) is 11.6 Å². The lowest BCUT2D eigenvalue weighted by Gasteiger charge is -2.10. The van der Waals surface area contributed by atoms with Gasteiger partial charge >= 0.3 is 0 Å². The first kappa shape index (κ1) is 13.4. The van der Waals surface area contributed by atoms with Crippen LogP contribution < -0.4 is 10.1 Å². The Morgan fingerprint density at radius 3 is 2.79 bits per heavy atom. The van der Waals surface area contributed by atoms with Crippen molar-refractivity contribution in [3.63, 3.8) is 0 Å². The van der Waals surface area contributed by atoms with Crippen LogP contribution in [0.1, 0.15) is 12.5 Å². The standard InChI is InChI=1S/C15H18N2O2/c1-2-16-14-8-5-9-15(17-14)19-13-7-4-3-6-12(13)10-11-18/h3-9,18H,2,10-11H2,1H3,(H,16,17). The van der Waals surface area contributed by atoms with E-state index in [0.717, 1.165) is 23.7 Å². The van der Waals surface area contributed by atoms with Crippen LogP contribution in [-0.2, 0) is 6.42 Å². The zero-order valence-electron chi connectivity index (χ0n) is 11.0. The van der Waals surface area contributed by atoms with Gasteiger partial charge in [0.2, 0.25) is 5.88 Å². The molecule has 100 valence electrons. The summed E-state index contributed by atoms with van der Waals surface area (Å²) in [5, 5.41) is 12.2. The molecule has 1 heterocycles. The molecule has 0 aliphatic rings. The number of pyridine rings is 1. The Kier molecular flexibility index (Phi) is 4.75. The van der Waals surface area contributed by atoms with E-state index in [9.17, 15) is 0 Å². The maximum Gasteiger partial charge on any atom is 0.221 e. The number of ether oxygens (including phenoxy) is 1. The number of aromatic nitrogens is 1. The van der Waals surface area contributed by atoms with Gasteiger partial charge in [-0.2, -0.15) is 4.98 Å². The molecule has 2 aromatic rings. The highest BCUT2D eigenvalue weighted by Gasteiger charge is 2.05. The number of anilines is 1. The SMILES string of the molecule is CCNc1cccc(Oc2ccccc2CCO)n1. The molecule has 0 bridgehead atoms. The molecule has 0 unspecified atom stereocenters. The van der Waals surface area contributed by atoms with Gasteiger partial charge in [-0.05, 0) is 31.0 Å². The Morgan fingerprint density at radius 2 is 2.00 bits per heavy atom. The smallest absolute Gasteiger partial charge is 0.221 e. The van der Waals surface area contributed by atoms with Crippen molar-refractivity contribution in [2.75, 3.05) is 18.5 Å². The van der Waals surface area contributed by atoms with E-state index in [-0.39, 0.29) is 6.61 Å². The Morgan fingerprint density at radius 1 is 1.16 bits per heavy atom. The van der Waals surface area contributed by atoms with Crippen molar-refractivity contribution in [2.45, 2.75) is 13.3 Å². The van der Waals surface area contributed by atoms with Gasteiger partial charge in [-0.3, -0.25) is 0 Å². The van der Waals surface area contributed by atoms with E-state index < -0.39 is 0 Å². The molecule has 0 amide bonds. The molecule has 1 aromatic heterocycles. The summed E-state index contributed by atoms with van der Waals surface area (Å²) in [5.74, 6) is 2.07. The number of rotatable bonds is 6. The van der Waals surface area contributed by atoms with Gasteiger partial charge in [-0.15, -0.1) is 0 Å². The predicted octanol–water partition coefficient (Wildman–Crippen LogP) is 2.84. The van der Waals surface area contributed by atoms with E-state index in [2.05, 4.69) is 10.3 Å². The number of hydrogen-bond acceptors (Lipinski definition) is 4. The topological polar surface area (TPSA) is 54.4 Å². The van der Waals surface area contributed by atoms with Crippen molar-refractivity contribution in [3.8, 4) is 11.6 Å². The molecule has 0 aliphatic heterocycles. The lowest BCUT2D eigenvalue weighted by Crippen LogP contribution is -2.00. The molecule has 0 saturated heterocycles. The van der Waals surface area contributed by atoms with Crippen LogP contribution in [0.2, 0.25) is 0 Å². The summed E-state index contributed by atoms with van der Waals surface area (Å²) in [5.41, 5.74) is 0.973. The minimum Gasteiger partial charge on any atom is -0.439 e. The summed E-state index contributed by atoms with van der Waals surface area (Å²) in [4.78, 5) is 4.36. The van der Waals surface area contributed by atoms with Crippen LogP contribution in [0.3, 0.4) is 0 Å². The Labute approximate surface area is 113 Å². The van der Waals surface area contributed by atoms with Crippen LogP contribution in [0.15, 0.2) is 42.5 Å². The molecular formula is C15H18N2O2. The average Bonchev–Trinajstić information content (AvgIpc) is 2.42. The molecular weight excluding hydrogens is 240 g/mol. The number of aliphatic hydroxyl groups excluding tert-OH is 1. The molecule has 0 saturated carbocycles. The van der Waals surface area contributed by atoms with Gasteiger partial charge in [0.15, 0.2) is 0 Å². The number of benzene rings is 1. The van der Waals surface area contributed by atoms with Gasteiger partial charge in [0.1, 0.15) is 11.6 Å². The summed E-state index contributed by atoms with van der Waals surface area (Å²) >= 11 is 0. The van der Waals surface area contributed by atoms with Crippen molar-refractivity contribution in [1.29, 1.82) is 0 Å². The number of para-hydroxylation sites is 1. The zero-order valence-corrected chi connectivity index (χ0v) is 11.0. The zero-order chi connectivity index (χ0) is 13.5. The quantitative estimate of drug-likeness (QED) is 0.836. The normalized spacial score (nSPS) is 10.2. The van der Waals surface area contributed by atoms with Gasteiger partial charge in [0, 0.05) is 19.2 Å². The van der Waals surface area contributed by atoms with E-state index in [0.29, 0.717) is 12.3 Å². The fraction of sp³-hybridized carbons (Fsp3) is 0.267. The van der Waals surface area contributed by atoms with E-state index in [1.165, 1.54) is 0 Å². The maximum atomic E-state index is 9.04. The minimum absolute atomic E-state index is 0.102. The largest absolute Gasteiger partial charge is 0.439 e. The maximum absolute atomic E-state index is 9.04. The highest BCUT2D eigenvalue weighted by atomic mass is 16.5. The molecule has 0 radical (unpaired) electrons. The highest BCUT2D eigenvalue weighted by molar-refractivity contribution is 5.40. The Bertz CT molecular complexity index is 529.